The van der Waals surface area contributed by atoms with Gasteiger partial charge in [0, 0.05) is 35.9 Å². The van der Waals surface area contributed by atoms with Gasteiger partial charge < -0.3 is 19.5 Å². The lowest BCUT2D eigenvalue weighted by Crippen LogP contribution is -2.35. The van der Waals surface area contributed by atoms with Crippen molar-refractivity contribution in [3.63, 3.8) is 0 Å². The molecule has 138 valence electrons. The van der Waals surface area contributed by atoms with E-state index in [1.165, 1.54) is 0 Å². The Bertz CT molecular complexity index is 831. The van der Waals surface area contributed by atoms with Crippen molar-refractivity contribution in [3.8, 4) is 5.75 Å². The summed E-state index contributed by atoms with van der Waals surface area (Å²) in [5.74, 6) is 0.512. The highest BCUT2D eigenvalue weighted by Gasteiger charge is 2.23. The molecule has 0 unspecified atom stereocenters. The molecule has 1 fully saturated rings. The molecule has 0 aliphatic carbocycles. The molecule has 1 aromatic carbocycles. The molecule has 1 aromatic heterocycles. The lowest BCUT2D eigenvalue weighted by molar-refractivity contribution is -0.119. The summed E-state index contributed by atoms with van der Waals surface area (Å²) >= 11 is 3.41. The predicted octanol–water partition coefficient (Wildman–Crippen LogP) is 4.05. The number of benzene rings is 1. The van der Waals surface area contributed by atoms with Crippen LogP contribution in [0.2, 0.25) is 0 Å². The lowest BCUT2D eigenvalue weighted by atomic mass is 10.1. The fourth-order valence-corrected chi connectivity index (χ4v) is 3.63. The molecule has 6 nitrogen and oxygen atoms in total. The molecule has 1 aliphatic rings. The minimum Gasteiger partial charge on any atom is -0.495 e. The number of ether oxygens (including phenoxy) is 1. The number of halogens is 1. The van der Waals surface area contributed by atoms with Gasteiger partial charge in [0.2, 0.25) is 5.91 Å². The van der Waals surface area contributed by atoms with Crippen molar-refractivity contribution in [2.45, 2.75) is 32.7 Å². The van der Waals surface area contributed by atoms with Gasteiger partial charge in [0.15, 0.2) is 0 Å². The van der Waals surface area contributed by atoms with Crippen LogP contribution < -0.4 is 15.0 Å². The maximum Gasteiger partial charge on any atom is 0.272 e. The highest BCUT2D eigenvalue weighted by molar-refractivity contribution is 9.10. The fourth-order valence-electron chi connectivity index (χ4n) is 3.16. The van der Waals surface area contributed by atoms with Crippen molar-refractivity contribution in [3.05, 3.63) is 40.6 Å². The summed E-state index contributed by atoms with van der Waals surface area (Å²) in [7, 11) is 1.58. The van der Waals surface area contributed by atoms with E-state index >= 15 is 0 Å². The third-order valence-corrected chi connectivity index (χ3v) is 4.92. The first-order chi connectivity index (χ1) is 12.5. The molecule has 0 bridgehead atoms. The molecule has 1 aliphatic heterocycles. The molecule has 2 amide bonds. The summed E-state index contributed by atoms with van der Waals surface area (Å²) in [6.45, 7) is 3.35. The van der Waals surface area contributed by atoms with E-state index in [1.807, 2.05) is 17.7 Å². The van der Waals surface area contributed by atoms with E-state index < -0.39 is 0 Å². The largest absolute Gasteiger partial charge is 0.495 e. The fraction of sp³-hybridized carbons (Fsp3) is 0.368. The zero-order valence-electron chi connectivity index (χ0n) is 14.9. The molecular formula is C19H22BrN3O3. The average molecular weight is 420 g/mol. The van der Waals surface area contributed by atoms with Crippen molar-refractivity contribution in [2.75, 3.05) is 23.9 Å². The van der Waals surface area contributed by atoms with Crippen LogP contribution in [0.25, 0.3) is 0 Å². The van der Waals surface area contributed by atoms with Gasteiger partial charge in [0.1, 0.15) is 11.4 Å². The Morgan fingerprint density at radius 1 is 1.31 bits per heavy atom. The van der Waals surface area contributed by atoms with Crippen LogP contribution in [0, 0.1) is 0 Å². The molecular weight excluding hydrogens is 398 g/mol. The van der Waals surface area contributed by atoms with E-state index in [0.29, 0.717) is 42.3 Å². The second-order valence-electron chi connectivity index (χ2n) is 6.17. The van der Waals surface area contributed by atoms with Crippen LogP contribution in [0.3, 0.4) is 0 Å². The van der Waals surface area contributed by atoms with Gasteiger partial charge >= 0.3 is 0 Å². The second kappa shape index (κ2) is 7.95. The van der Waals surface area contributed by atoms with Gasteiger partial charge in [-0.15, -0.1) is 0 Å². The zero-order valence-corrected chi connectivity index (χ0v) is 16.5. The summed E-state index contributed by atoms with van der Waals surface area (Å²) in [5.41, 5.74) is 1.90. The summed E-state index contributed by atoms with van der Waals surface area (Å²) in [4.78, 5) is 26.7. The van der Waals surface area contributed by atoms with Crippen LogP contribution in [-0.4, -0.2) is 30.0 Å². The number of hydrogen-bond acceptors (Lipinski definition) is 3. The van der Waals surface area contributed by atoms with Crippen molar-refractivity contribution in [1.82, 2.24) is 4.57 Å². The highest BCUT2D eigenvalue weighted by Crippen LogP contribution is 2.33. The molecule has 0 spiro atoms. The Hall–Kier alpha value is -2.28. The van der Waals surface area contributed by atoms with Gasteiger partial charge in [0.05, 0.1) is 12.8 Å². The molecule has 1 saturated heterocycles. The van der Waals surface area contributed by atoms with E-state index in [2.05, 4.69) is 21.2 Å². The van der Waals surface area contributed by atoms with Crippen LogP contribution in [0.15, 0.2) is 34.9 Å². The van der Waals surface area contributed by atoms with E-state index in [-0.39, 0.29) is 11.8 Å². The predicted molar refractivity (Wildman–Crippen MR) is 105 cm³/mol. The first kappa shape index (κ1) is 18.5. The topological polar surface area (TPSA) is 63.6 Å². The van der Waals surface area contributed by atoms with Crippen LogP contribution in [0.4, 0.5) is 11.4 Å². The van der Waals surface area contributed by atoms with Gasteiger partial charge in [-0.3, -0.25) is 9.59 Å². The molecule has 1 N–H and O–H groups in total. The molecule has 7 heteroatoms. The minimum atomic E-state index is -0.196. The standard InChI is InChI=1S/C19H22BrN3O3/c1-3-22-12-13(20)10-16(22)19(25)21-14-7-8-17(26-2)15(11-14)23-9-5-4-6-18(23)24/h7-8,10-12H,3-6,9H2,1-2H3,(H,21,25). The van der Waals surface area contributed by atoms with E-state index in [4.69, 9.17) is 4.74 Å². The SMILES string of the molecule is CCn1cc(Br)cc1C(=O)Nc1ccc(OC)c(N2CCCCC2=O)c1. The highest BCUT2D eigenvalue weighted by atomic mass is 79.9. The van der Waals surface area contributed by atoms with Crippen LogP contribution in [0.1, 0.15) is 36.7 Å². The van der Waals surface area contributed by atoms with Crippen LogP contribution in [-0.2, 0) is 11.3 Å². The van der Waals surface area contributed by atoms with Gasteiger partial charge in [0.25, 0.3) is 5.91 Å². The Morgan fingerprint density at radius 2 is 2.12 bits per heavy atom. The zero-order chi connectivity index (χ0) is 18.7. The summed E-state index contributed by atoms with van der Waals surface area (Å²) in [5, 5.41) is 2.92. The molecule has 2 aromatic rings. The van der Waals surface area contributed by atoms with Crippen molar-refractivity contribution in [1.29, 1.82) is 0 Å². The smallest absolute Gasteiger partial charge is 0.272 e. The minimum absolute atomic E-state index is 0.0850. The normalized spacial score (nSPS) is 14.4. The van der Waals surface area contributed by atoms with Gasteiger partial charge in [-0.1, -0.05) is 0 Å². The lowest BCUT2D eigenvalue weighted by Gasteiger charge is -2.28. The van der Waals surface area contributed by atoms with Gasteiger partial charge in [-0.05, 0) is 60.0 Å². The maximum absolute atomic E-state index is 12.6. The summed E-state index contributed by atoms with van der Waals surface area (Å²) in [6.07, 6.45) is 4.29. The number of anilines is 2. The molecule has 2 heterocycles. The first-order valence-electron chi connectivity index (χ1n) is 8.69. The summed E-state index contributed by atoms with van der Waals surface area (Å²) in [6, 6.07) is 7.15. The molecule has 26 heavy (non-hydrogen) atoms. The average Bonchev–Trinajstić information content (AvgIpc) is 3.03. The molecule has 0 radical (unpaired) electrons. The third kappa shape index (κ3) is 3.77. The van der Waals surface area contributed by atoms with Crippen LogP contribution >= 0.6 is 15.9 Å². The number of carbonyl (C=O) groups excluding carboxylic acids is 2. The number of aryl methyl sites for hydroxylation is 1. The van der Waals surface area contributed by atoms with E-state index in [1.54, 1.807) is 36.3 Å². The Labute approximate surface area is 161 Å². The number of rotatable bonds is 5. The quantitative estimate of drug-likeness (QED) is 0.794. The molecule has 0 saturated carbocycles. The van der Waals surface area contributed by atoms with Gasteiger partial charge in [-0.2, -0.15) is 0 Å². The number of carbonyl (C=O) groups is 2. The number of methoxy groups -OCH3 is 1. The monoisotopic (exact) mass is 419 g/mol. The Kier molecular flexibility index (Phi) is 5.66. The van der Waals surface area contributed by atoms with Crippen LogP contribution in [0.5, 0.6) is 5.75 Å². The van der Waals surface area contributed by atoms with Crippen molar-refractivity contribution >= 4 is 39.1 Å². The first-order valence-corrected chi connectivity index (χ1v) is 9.48. The number of piperidine rings is 1. The molecule has 3 rings (SSSR count). The van der Waals surface area contributed by atoms with E-state index in [9.17, 15) is 9.59 Å². The number of aromatic nitrogens is 1. The van der Waals surface area contributed by atoms with Gasteiger partial charge in [-0.25, -0.2) is 0 Å². The number of amides is 2. The number of hydrogen-bond donors (Lipinski definition) is 1. The maximum atomic E-state index is 12.6. The number of nitrogens with one attached hydrogen (secondary N) is 1. The third-order valence-electron chi connectivity index (χ3n) is 4.49. The van der Waals surface area contributed by atoms with Crippen molar-refractivity contribution < 1.29 is 14.3 Å². The van der Waals surface area contributed by atoms with Crippen molar-refractivity contribution in [2.24, 2.45) is 0 Å². The van der Waals surface area contributed by atoms with E-state index in [0.717, 1.165) is 17.3 Å². The Balaban J connectivity index is 1.87. The summed E-state index contributed by atoms with van der Waals surface area (Å²) < 4.78 is 8.15. The molecule has 0 atom stereocenters. The second-order valence-corrected chi connectivity index (χ2v) is 7.09. The number of nitrogens with zero attached hydrogens (tertiary/aromatic N) is 2. The Morgan fingerprint density at radius 3 is 2.81 bits per heavy atom.